The number of amides is 4. The molecule has 0 saturated carbocycles. The molecule has 1 spiro atoms. The molecule has 2 saturated heterocycles. The van der Waals surface area contributed by atoms with Crippen molar-refractivity contribution in [1.82, 2.24) is 15.5 Å². The molecular formula is C51H48N4O8. The van der Waals surface area contributed by atoms with Crippen molar-refractivity contribution in [1.29, 1.82) is 0 Å². The highest BCUT2D eigenvalue weighted by Gasteiger charge is 2.76. The molecule has 63 heavy (non-hydrogen) atoms. The van der Waals surface area contributed by atoms with Gasteiger partial charge in [-0.3, -0.25) is 19.3 Å². The summed E-state index contributed by atoms with van der Waals surface area (Å²) in [7, 11) is 0. The van der Waals surface area contributed by atoms with E-state index < -0.39 is 65.4 Å². The van der Waals surface area contributed by atoms with E-state index in [4.69, 9.17) is 9.47 Å². The number of hydrogen-bond donors (Lipinski definition) is 4. The number of cyclic esters (lactones) is 1. The Bertz CT molecular complexity index is 2560. The first-order valence-electron chi connectivity index (χ1n) is 21.0. The number of nitrogens with zero attached hydrogens (tertiary/aromatic N) is 2. The average molecular weight is 845 g/mol. The summed E-state index contributed by atoms with van der Waals surface area (Å²) in [5, 5.41) is 25.6. The van der Waals surface area contributed by atoms with Crippen LogP contribution in [0.3, 0.4) is 0 Å². The minimum absolute atomic E-state index is 0.00924. The highest BCUT2D eigenvalue weighted by atomic mass is 16.6. The van der Waals surface area contributed by atoms with Gasteiger partial charge in [0.05, 0.1) is 42.9 Å². The molecule has 2 fully saturated rings. The van der Waals surface area contributed by atoms with Gasteiger partial charge in [-0.1, -0.05) is 127 Å². The van der Waals surface area contributed by atoms with E-state index >= 15 is 14.4 Å². The topological polar surface area (TPSA) is 158 Å². The number of rotatable bonds is 12. The first-order valence-corrected chi connectivity index (χ1v) is 21.0. The number of anilines is 1. The summed E-state index contributed by atoms with van der Waals surface area (Å²) in [4.78, 5) is 64.8. The summed E-state index contributed by atoms with van der Waals surface area (Å²) < 4.78 is 12.8. The molecule has 3 heterocycles. The van der Waals surface area contributed by atoms with Gasteiger partial charge < -0.3 is 30.3 Å². The second-order valence-electron chi connectivity index (χ2n) is 15.6. The van der Waals surface area contributed by atoms with Crippen molar-refractivity contribution in [3.8, 4) is 17.6 Å². The number of aliphatic hydroxyl groups excluding tert-OH is 2. The summed E-state index contributed by atoms with van der Waals surface area (Å²) in [5.74, 6) is 2.72. The zero-order valence-corrected chi connectivity index (χ0v) is 34.7. The molecule has 0 aliphatic carbocycles. The van der Waals surface area contributed by atoms with E-state index in [1.165, 1.54) is 6.08 Å². The van der Waals surface area contributed by atoms with Gasteiger partial charge in [-0.05, 0) is 53.4 Å². The largest absolute Gasteiger partial charge is 0.491 e. The van der Waals surface area contributed by atoms with Crippen LogP contribution in [-0.2, 0) is 24.5 Å². The van der Waals surface area contributed by atoms with E-state index in [0.29, 0.717) is 22.4 Å². The van der Waals surface area contributed by atoms with Crippen LogP contribution in [0.5, 0.6) is 5.75 Å². The van der Waals surface area contributed by atoms with Gasteiger partial charge in [0, 0.05) is 24.1 Å². The number of ether oxygens (including phenoxy) is 2. The Kier molecular flexibility index (Phi) is 12.5. The van der Waals surface area contributed by atoms with Crippen molar-refractivity contribution in [2.75, 3.05) is 31.3 Å². The molecule has 5 aromatic carbocycles. The molecule has 5 aromatic rings. The number of benzene rings is 5. The lowest BCUT2D eigenvalue weighted by atomic mass is 9.65. The average Bonchev–Trinajstić information content (AvgIpc) is 3.77. The van der Waals surface area contributed by atoms with Crippen molar-refractivity contribution in [2.45, 2.75) is 49.0 Å². The minimum atomic E-state index is -2.04. The number of fused-ring (bicyclic) bond motifs is 3. The molecule has 3 aliphatic rings. The lowest BCUT2D eigenvalue weighted by Gasteiger charge is -2.46. The third-order valence-electron chi connectivity index (χ3n) is 12.0. The Morgan fingerprint density at radius 3 is 2.22 bits per heavy atom. The summed E-state index contributed by atoms with van der Waals surface area (Å²) >= 11 is 0. The first-order chi connectivity index (χ1) is 30.8. The maximum atomic E-state index is 16.4. The second-order valence-corrected chi connectivity index (χ2v) is 15.6. The van der Waals surface area contributed by atoms with Crippen LogP contribution in [-0.4, -0.2) is 71.3 Å². The molecule has 12 heteroatoms. The van der Waals surface area contributed by atoms with Crippen LogP contribution in [0, 0.1) is 17.8 Å². The monoisotopic (exact) mass is 844 g/mol. The predicted molar refractivity (Wildman–Crippen MR) is 236 cm³/mol. The molecular weight excluding hydrogens is 797 g/mol. The molecule has 0 bridgehead atoms. The Balaban J connectivity index is 1.46. The van der Waals surface area contributed by atoms with Crippen LogP contribution in [0.2, 0.25) is 0 Å². The van der Waals surface area contributed by atoms with E-state index in [1.54, 1.807) is 42.5 Å². The SMILES string of the molecule is C=CCNC(=O)[C@H]1[C@@H]2C(=O)O[C@@H](c3ccccc3)[C@@H](c3ccccc3)N2[C@@H](c2ccccc2OCCO)[C@]12C(=O)N(C(=O)N[C@H](C)c1ccccc1)c1ccc(C#CCCO)cc12. The number of aliphatic hydroxyl groups is 2. The predicted octanol–water partition coefficient (Wildman–Crippen LogP) is 6.23. The van der Waals surface area contributed by atoms with Crippen LogP contribution >= 0.6 is 0 Å². The third-order valence-corrected chi connectivity index (χ3v) is 12.0. The molecule has 3 aliphatic heterocycles. The van der Waals surface area contributed by atoms with Crippen molar-refractivity contribution < 1.29 is 38.9 Å². The lowest BCUT2D eigenvalue weighted by molar-refractivity contribution is -0.178. The number of hydrogen-bond acceptors (Lipinski definition) is 9. The Labute approximate surface area is 366 Å². The number of esters is 1. The van der Waals surface area contributed by atoms with Crippen LogP contribution in [0.25, 0.3) is 0 Å². The van der Waals surface area contributed by atoms with Crippen LogP contribution in [0.4, 0.5) is 10.5 Å². The summed E-state index contributed by atoms with van der Waals surface area (Å²) in [5.41, 5.74) is 1.58. The normalized spacial score (nSPS) is 22.8. The van der Waals surface area contributed by atoms with E-state index in [2.05, 4.69) is 29.1 Å². The smallest absolute Gasteiger partial charge is 0.329 e. The zero-order valence-electron chi connectivity index (χ0n) is 34.7. The number of para-hydroxylation sites is 1. The van der Waals surface area contributed by atoms with Gasteiger partial charge in [-0.2, -0.15) is 0 Å². The summed E-state index contributed by atoms with van der Waals surface area (Å²) in [6.45, 7) is 5.05. The molecule has 4 N–H and O–H groups in total. The highest BCUT2D eigenvalue weighted by molar-refractivity contribution is 6.24. The fourth-order valence-corrected chi connectivity index (χ4v) is 9.53. The Morgan fingerprint density at radius 1 is 0.873 bits per heavy atom. The fourth-order valence-electron chi connectivity index (χ4n) is 9.53. The van der Waals surface area contributed by atoms with Gasteiger partial charge >= 0.3 is 12.0 Å². The second kappa shape index (κ2) is 18.5. The third kappa shape index (κ3) is 7.65. The fraction of sp³-hybridized carbons (Fsp3) is 0.255. The molecule has 4 amide bonds. The van der Waals surface area contributed by atoms with E-state index in [0.717, 1.165) is 16.0 Å². The van der Waals surface area contributed by atoms with Crippen molar-refractivity contribution >= 4 is 29.5 Å². The number of urea groups is 1. The molecule has 7 atom stereocenters. The van der Waals surface area contributed by atoms with E-state index in [9.17, 15) is 15.0 Å². The van der Waals surface area contributed by atoms with E-state index in [1.807, 2.05) is 103 Å². The molecule has 12 nitrogen and oxygen atoms in total. The van der Waals surface area contributed by atoms with Crippen LogP contribution in [0.1, 0.15) is 71.0 Å². The van der Waals surface area contributed by atoms with Gasteiger partial charge in [-0.25, -0.2) is 9.69 Å². The number of morpholine rings is 1. The standard InChI is InChI=1S/C51H48N4O8/c1-3-28-52-47(58)42-44-48(59)63-45(37-22-11-6-12-23-37)43(36-20-9-5-10-21-36)55(44)46(38-24-13-14-25-41(38)62-31-30-57)51(42)39-32-34(17-15-16-29-56)26-27-40(39)54(49(51)60)50(61)53-33(2)35-18-7-4-8-19-35/h3-14,18-27,32-33,42-46,56-57H,1,16,28-31H2,2H3,(H,52,58)(H,53,61)/t33-,42-,43-,44-,45+,46+,51-/m1/s1. The summed E-state index contributed by atoms with van der Waals surface area (Å²) in [6.07, 6.45) is 0.767. The van der Waals surface area contributed by atoms with Crippen molar-refractivity contribution in [3.05, 3.63) is 179 Å². The van der Waals surface area contributed by atoms with Gasteiger partial charge in [0.15, 0.2) is 0 Å². The maximum Gasteiger partial charge on any atom is 0.329 e. The number of imide groups is 1. The van der Waals surface area contributed by atoms with Gasteiger partial charge in [0.1, 0.15) is 29.9 Å². The first kappa shape index (κ1) is 42.6. The zero-order chi connectivity index (χ0) is 44.1. The quantitative estimate of drug-likeness (QED) is 0.0650. The molecule has 320 valence electrons. The molecule has 0 radical (unpaired) electrons. The molecule has 8 rings (SSSR count). The number of carbonyl (C=O) groups is 4. The Morgan fingerprint density at radius 2 is 1.54 bits per heavy atom. The van der Waals surface area contributed by atoms with Crippen molar-refractivity contribution in [3.63, 3.8) is 0 Å². The van der Waals surface area contributed by atoms with E-state index in [-0.39, 0.29) is 44.0 Å². The van der Waals surface area contributed by atoms with Gasteiger partial charge in [-0.15, -0.1) is 6.58 Å². The lowest BCUT2D eigenvalue weighted by Crippen LogP contribution is -2.56. The minimum Gasteiger partial charge on any atom is -0.491 e. The van der Waals surface area contributed by atoms with Crippen LogP contribution in [0.15, 0.2) is 146 Å². The molecule has 0 unspecified atom stereocenters. The summed E-state index contributed by atoms with van der Waals surface area (Å²) in [6, 6.07) is 35.5. The van der Waals surface area contributed by atoms with Crippen LogP contribution < -0.4 is 20.3 Å². The number of carbonyl (C=O) groups excluding carboxylic acids is 4. The van der Waals surface area contributed by atoms with Gasteiger partial charge in [0.25, 0.3) is 0 Å². The number of nitrogens with one attached hydrogen (secondary N) is 2. The molecule has 0 aromatic heterocycles. The maximum absolute atomic E-state index is 16.4. The Hall–Kier alpha value is -7.04. The highest BCUT2D eigenvalue weighted by Crippen LogP contribution is 2.66. The van der Waals surface area contributed by atoms with Gasteiger partial charge in [0.2, 0.25) is 11.8 Å². The van der Waals surface area contributed by atoms with Crippen molar-refractivity contribution in [2.24, 2.45) is 5.92 Å².